The summed E-state index contributed by atoms with van der Waals surface area (Å²) in [6, 6.07) is -0.836. The van der Waals surface area contributed by atoms with Crippen LogP contribution in [0.1, 0.15) is 30.0 Å². The minimum atomic E-state index is -0.836. The summed E-state index contributed by atoms with van der Waals surface area (Å²) in [6.45, 7) is 4.96. The summed E-state index contributed by atoms with van der Waals surface area (Å²) >= 11 is 0. The van der Waals surface area contributed by atoms with Crippen LogP contribution >= 0.6 is 0 Å². The van der Waals surface area contributed by atoms with E-state index in [0.29, 0.717) is 0 Å². The van der Waals surface area contributed by atoms with Crippen LogP contribution < -0.4 is 10.9 Å². The molecule has 0 aliphatic rings. The lowest BCUT2D eigenvalue weighted by molar-refractivity contribution is -0.144. The van der Waals surface area contributed by atoms with Gasteiger partial charge in [0.1, 0.15) is 23.5 Å². The number of hydrogen-bond donors (Lipinski definition) is 1. The fraction of sp³-hybridized carbons (Fsp3) is 0.429. The molecular weight excluding hydrogens is 290 g/mol. The van der Waals surface area contributed by atoms with Gasteiger partial charge in [-0.05, 0) is 20.8 Å². The lowest BCUT2D eigenvalue weighted by Crippen LogP contribution is -2.40. The molecule has 0 bridgehead atoms. The fourth-order valence-corrected chi connectivity index (χ4v) is 2.06. The molecule has 2 heterocycles. The molecule has 2 aromatic rings. The van der Waals surface area contributed by atoms with Crippen molar-refractivity contribution in [2.24, 2.45) is 7.05 Å². The predicted molar refractivity (Wildman–Crippen MR) is 77.5 cm³/mol. The maximum absolute atomic E-state index is 12.4. The Morgan fingerprint density at radius 2 is 2.18 bits per heavy atom. The van der Waals surface area contributed by atoms with Crippen molar-refractivity contribution in [3.63, 3.8) is 0 Å². The minimum Gasteiger partial charge on any atom is -0.464 e. The van der Waals surface area contributed by atoms with E-state index in [0.717, 1.165) is 0 Å². The van der Waals surface area contributed by atoms with Crippen molar-refractivity contribution >= 4 is 23.0 Å². The van der Waals surface area contributed by atoms with Crippen LogP contribution in [-0.2, 0) is 16.6 Å². The molecule has 1 atom stereocenters. The van der Waals surface area contributed by atoms with E-state index in [4.69, 9.17) is 9.15 Å². The van der Waals surface area contributed by atoms with Gasteiger partial charge in [0.15, 0.2) is 0 Å². The topological polar surface area (TPSA) is 103 Å². The molecule has 8 nitrogen and oxygen atoms in total. The van der Waals surface area contributed by atoms with Gasteiger partial charge in [0.25, 0.3) is 11.5 Å². The Labute approximate surface area is 126 Å². The standard InChI is InChI=1S/C14H17N3O5/c1-5-21-14(20)7(2)16-11(18)9-8(3)22-12-10(9)13(19)17(4)6-15-12/h6-7H,5H2,1-4H3,(H,16,18). The number of nitrogens with one attached hydrogen (secondary N) is 1. The number of amides is 1. The van der Waals surface area contributed by atoms with Gasteiger partial charge in [-0.2, -0.15) is 0 Å². The number of carbonyl (C=O) groups excluding carboxylic acids is 2. The van der Waals surface area contributed by atoms with Crippen LogP contribution in [0.4, 0.5) is 0 Å². The largest absolute Gasteiger partial charge is 0.464 e. The summed E-state index contributed by atoms with van der Waals surface area (Å²) in [4.78, 5) is 40.1. The highest BCUT2D eigenvalue weighted by Gasteiger charge is 2.25. The number of aryl methyl sites for hydroxylation is 2. The Morgan fingerprint density at radius 1 is 1.50 bits per heavy atom. The first kappa shape index (κ1) is 15.7. The van der Waals surface area contributed by atoms with Crippen LogP contribution in [0, 0.1) is 6.92 Å². The molecule has 0 aliphatic carbocycles. The van der Waals surface area contributed by atoms with Crippen molar-refractivity contribution < 1.29 is 18.7 Å². The number of aromatic nitrogens is 2. The SMILES string of the molecule is CCOC(=O)C(C)NC(=O)c1c(C)oc2ncn(C)c(=O)c12. The predicted octanol–water partition coefficient (Wildman–Crippen LogP) is 0.516. The van der Waals surface area contributed by atoms with Crippen LogP contribution in [0.15, 0.2) is 15.5 Å². The Balaban J connectivity index is 2.40. The normalized spacial score (nSPS) is 12.2. The van der Waals surface area contributed by atoms with E-state index in [2.05, 4.69) is 10.3 Å². The van der Waals surface area contributed by atoms with E-state index in [-0.39, 0.29) is 29.0 Å². The van der Waals surface area contributed by atoms with Crippen LogP contribution in [0.3, 0.4) is 0 Å². The average Bonchev–Trinajstić information content (AvgIpc) is 2.80. The summed E-state index contributed by atoms with van der Waals surface area (Å²) in [5, 5.41) is 2.59. The molecule has 8 heteroatoms. The van der Waals surface area contributed by atoms with Crippen LogP contribution in [-0.4, -0.2) is 34.1 Å². The highest BCUT2D eigenvalue weighted by atomic mass is 16.5. The lowest BCUT2D eigenvalue weighted by atomic mass is 10.1. The van der Waals surface area contributed by atoms with E-state index in [9.17, 15) is 14.4 Å². The summed E-state index contributed by atoms with van der Waals surface area (Å²) in [5.41, 5.74) is -0.217. The smallest absolute Gasteiger partial charge is 0.328 e. The van der Waals surface area contributed by atoms with Gasteiger partial charge < -0.3 is 19.0 Å². The van der Waals surface area contributed by atoms with Gasteiger partial charge in [-0.1, -0.05) is 0 Å². The van der Waals surface area contributed by atoms with E-state index < -0.39 is 23.5 Å². The highest BCUT2D eigenvalue weighted by molar-refractivity contribution is 6.07. The second-order valence-corrected chi connectivity index (χ2v) is 4.82. The fourth-order valence-electron chi connectivity index (χ4n) is 2.06. The number of furan rings is 1. The maximum atomic E-state index is 12.4. The minimum absolute atomic E-state index is 0.0832. The van der Waals surface area contributed by atoms with Crippen molar-refractivity contribution in [1.29, 1.82) is 0 Å². The van der Waals surface area contributed by atoms with Crippen LogP contribution in [0.25, 0.3) is 11.1 Å². The summed E-state index contributed by atoms with van der Waals surface area (Å²) in [6.07, 6.45) is 1.32. The Morgan fingerprint density at radius 3 is 2.82 bits per heavy atom. The molecule has 0 radical (unpaired) electrons. The molecule has 118 valence electrons. The van der Waals surface area contributed by atoms with E-state index in [1.165, 1.54) is 24.9 Å². The van der Waals surface area contributed by atoms with Gasteiger partial charge in [-0.15, -0.1) is 0 Å². The number of carbonyl (C=O) groups is 2. The van der Waals surface area contributed by atoms with E-state index >= 15 is 0 Å². The monoisotopic (exact) mass is 307 g/mol. The van der Waals surface area contributed by atoms with Gasteiger partial charge in [-0.25, -0.2) is 9.78 Å². The molecule has 0 saturated heterocycles. The van der Waals surface area contributed by atoms with Crippen molar-refractivity contribution in [2.45, 2.75) is 26.8 Å². The first-order valence-corrected chi connectivity index (χ1v) is 6.79. The summed E-state index contributed by atoms with van der Waals surface area (Å²) in [5.74, 6) is -0.867. The van der Waals surface area contributed by atoms with Crippen LogP contribution in [0.2, 0.25) is 0 Å². The Kier molecular flexibility index (Phi) is 4.30. The Bertz CT molecular complexity index is 790. The molecule has 1 N–H and O–H groups in total. The summed E-state index contributed by atoms with van der Waals surface area (Å²) in [7, 11) is 1.53. The van der Waals surface area contributed by atoms with Crippen LogP contribution in [0.5, 0.6) is 0 Å². The van der Waals surface area contributed by atoms with Gasteiger partial charge in [0, 0.05) is 7.05 Å². The third kappa shape index (κ3) is 2.72. The number of hydrogen-bond acceptors (Lipinski definition) is 6. The van der Waals surface area contributed by atoms with Gasteiger partial charge in [0.05, 0.1) is 12.2 Å². The van der Waals surface area contributed by atoms with Crippen molar-refractivity contribution in [2.75, 3.05) is 6.61 Å². The van der Waals surface area contributed by atoms with E-state index in [1.54, 1.807) is 13.8 Å². The number of rotatable bonds is 4. The first-order chi connectivity index (χ1) is 10.4. The second-order valence-electron chi connectivity index (χ2n) is 4.82. The zero-order valence-electron chi connectivity index (χ0n) is 12.8. The third-order valence-electron chi connectivity index (χ3n) is 3.16. The number of fused-ring (bicyclic) bond motifs is 1. The number of nitrogens with zero attached hydrogens (tertiary/aromatic N) is 2. The molecule has 1 amide bonds. The number of esters is 1. The third-order valence-corrected chi connectivity index (χ3v) is 3.16. The van der Waals surface area contributed by atoms with Crippen molar-refractivity contribution in [1.82, 2.24) is 14.9 Å². The summed E-state index contributed by atoms with van der Waals surface area (Å²) < 4.78 is 11.4. The van der Waals surface area contributed by atoms with E-state index in [1.807, 2.05) is 0 Å². The van der Waals surface area contributed by atoms with Crippen molar-refractivity contribution in [3.05, 3.63) is 28.0 Å². The molecule has 0 aromatic carbocycles. The zero-order chi connectivity index (χ0) is 16.4. The molecular formula is C14H17N3O5. The average molecular weight is 307 g/mol. The molecule has 0 fully saturated rings. The molecule has 22 heavy (non-hydrogen) atoms. The maximum Gasteiger partial charge on any atom is 0.328 e. The quantitative estimate of drug-likeness (QED) is 0.826. The van der Waals surface area contributed by atoms with Gasteiger partial charge in [-0.3, -0.25) is 9.59 Å². The van der Waals surface area contributed by atoms with Gasteiger partial charge >= 0.3 is 5.97 Å². The molecule has 0 aliphatic heterocycles. The second kappa shape index (κ2) is 6.00. The Hall–Kier alpha value is -2.64. The number of ether oxygens (including phenoxy) is 1. The zero-order valence-corrected chi connectivity index (χ0v) is 12.8. The molecule has 1 unspecified atom stereocenters. The lowest BCUT2D eigenvalue weighted by Gasteiger charge is -2.12. The van der Waals surface area contributed by atoms with Crippen molar-refractivity contribution in [3.8, 4) is 0 Å². The molecule has 0 saturated carbocycles. The highest BCUT2D eigenvalue weighted by Crippen LogP contribution is 2.20. The van der Waals surface area contributed by atoms with Gasteiger partial charge in [0.2, 0.25) is 5.71 Å². The molecule has 2 rings (SSSR count). The molecule has 0 spiro atoms. The first-order valence-electron chi connectivity index (χ1n) is 6.79. The molecule has 2 aromatic heterocycles.